The van der Waals surface area contributed by atoms with Crippen LogP contribution in [-0.4, -0.2) is 28.3 Å². The summed E-state index contributed by atoms with van der Waals surface area (Å²) in [6, 6.07) is -0.192. The molecule has 0 saturated heterocycles. The molecule has 0 aliphatic rings. The molecule has 0 bridgehead atoms. The van der Waals surface area contributed by atoms with Gasteiger partial charge in [-0.15, -0.1) is 0 Å². The average Bonchev–Trinajstić information content (AvgIpc) is 2.74. The number of amides is 1. The lowest BCUT2D eigenvalue weighted by molar-refractivity contribution is -0.122. The van der Waals surface area contributed by atoms with E-state index in [0.29, 0.717) is 13.1 Å². The van der Waals surface area contributed by atoms with E-state index in [0.717, 1.165) is 5.56 Å². The first-order valence-electron chi connectivity index (χ1n) is 6.39. The molecule has 1 aromatic heterocycles. The fourth-order valence-corrected chi connectivity index (χ4v) is 1.51. The van der Waals surface area contributed by atoms with E-state index in [2.05, 4.69) is 36.5 Å². The van der Waals surface area contributed by atoms with Crippen molar-refractivity contribution in [1.82, 2.24) is 20.4 Å². The third kappa shape index (κ3) is 4.14. The average molecular weight is 252 g/mol. The van der Waals surface area contributed by atoms with Crippen LogP contribution in [0, 0.1) is 0 Å². The quantitative estimate of drug-likeness (QED) is 0.829. The van der Waals surface area contributed by atoms with E-state index in [-0.39, 0.29) is 17.5 Å². The molecule has 1 amide bonds. The number of rotatable bonds is 5. The minimum absolute atomic E-state index is 0.0105. The summed E-state index contributed by atoms with van der Waals surface area (Å²) < 4.78 is 1.93. The SMILES string of the molecule is CCNC(=O)C(C)NCc1cnn(C(C)(C)C)c1. The molecule has 2 N–H and O–H groups in total. The van der Waals surface area contributed by atoms with Crippen molar-refractivity contribution in [3.63, 3.8) is 0 Å². The van der Waals surface area contributed by atoms with E-state index < -0.39 is 0 Å². The third-order valence-corrected chi connectivity index (χ3v) is 2.68. The molecule has 1 unspecified atom stereocenters. The molecule has 0 aliphatic heterocycles. The summed E-state index contributed by atoms with van der Waals surface area (Å²) in [5.41, 5.74) is 1.07. The highest BCUT2D eigenvalue weighted by atomic mass is 16.2. The molecule has 0 spiro atoms. The summed E-state index contributed by atoms with van der Waals surface area (Å²) in [5, 5.41) is 10.3. The van der Waals surface area contributed by atoms with Gasteiger partial charge in [0.25, 0.3) is 0 Å². The van der Waals surface area contributed by atoms with Gasteiger partial charge in [0.05, 0.1) is 17.8 Å². The van der Waals surface area contributed by atoms with Crippen molar-refractivity contribution in [1.29, 1.82) is 0 Å². The smallest absolute Gasteiger partial charge is 0.236 e. The first-order valence-corrected chi connectivity index (χ1v) is 6.39. The molecule has 0 aromatic carbocycles. The minimum atomic E-state index is -0.192. The number of hydrogen-bond acceptors (Lipinski definition) is 3. The van der Waals surface area contributed by atoms with E-state index in [1.54, 1.807) is 0 Å². The van der Waals surface area contributed by atoms with Crippen LogP contribution >= 0.6 is 0 Å². The molecule has 5 nitrogen and oxygen atoms in total. The van der Waals surface area contributed by atoms with Crippen molar-refractivity contribution in [2.24, 2.45) is 0 Å². The third-order valence-electron chi connectivity index (χ3n) is 2.68. The van der Waals surface area contributed by atoms with E-state index in [1.807, 2.05) is 30.9 Å². The summed E-state index contributed by atoms with van der Waals surface area (Å²) in [7, 11) is 0. The van der Waals surface area contributed by atoms with Crippen molar-refractivity contribution in [2.45, 2.75) is 52.7 Å². The van der Waals surface area contributed by atoms with Gasteiger partial charge in [-0.3, -0.25) is 9.48 Å². The van der Waals surface area contributed by atoms with Crippen molar-refractivity contribution >= 4 is 5.91 Å². The molecular formula is C13H24N4O. The van der Waals surface area contributed by atoms with E-state index in [1.165, 1.54) is 0 Å². The molecule has 1 rings (SSSR count). The number of hydrogen-bond donors (Lipinski definition) is 2. The van der Waals surface area contributed by atoms with Crippen molar-refractivity contribution < 1.29 is 4.79 Å². The zero-order valence-electron chi connectivity index (χ0n) is 11.9. The number of carbonyl (C=O) groups excluding carboxylic acids is 1. The van der Waals surface area contributed by atoms with Gasteiger partial charge in [-0.1, -0.05) is 0 Å². The Morgan fingerprint density at radius 1 is 1.50 bits per heavy atom. The molecular weight excluding hydrogens is 228 g/mol. The predicted molar refractivity (Wildman–Crippen MR) is 72.2 cm³/mol. The van der Waals surface area contributed by atoms with Crippen LogP contribution in [0.2, 0.25) is 0 Å². The zero-order valence-corrected chi connectivity index (χ0v) is 11.9. The van der Waals surface area contributed by atoms with Crippen LogP contribution in [0.4, 0.5) is 0 Å². The zero-order chi connectivity index (χ0) is 13.8. The molecule has 1 heterocycles. The number of likely N-dealkylation sites (N-methyl/N-ethyl adjacent to an activating group) is 1. The molecule has 1 atom stereocenters. The Hall–Kier alpha value is -1.36. The van der Waals surface area contributed by atoms with Gasteiger partial charge in [-0.2, -0.15) is 5.10 Å². The summed E-state index contributed by atoms with van der Waals surface area (Å²) in [6.07, 6.45) is 3.85. The normalized spacial score (nSPS) is 13.4. The topological polar surface area (TPSA) is 59.0 Å². The highest BCUT2D eigenvalue weighted by Gasteiger charge is 2.15. The Labute approximate surface area is 109 Å². The highest BCUT2D eigenvalue weighted by Crippen LogP contribution is 2.12. The number of nitrogens with zero attached hydrogens (tertiary/aromatic N) is 2. The van der Waals surface area contributed by atoms with Crippen LogP contribution in [0.15, 0.2) is 12.4 Å². The van der Waals surface area contributed by atoms with E-state index in [4.69, 9.17) is 0 Å². The summed E-state index contributed by atoms with van der Waals surface area (Å²) >= 11 is 0. The standard InChI is InChI=1S/C13H24N4O/c1-6-14-12(18)10(2)15-7-11-8-16-17(9-11)13(3,4)5/h8-10,15H,6-7H2,1-5H3,(H,14,18). The molecule has 102 valence electrons. The van der Waals surface area contributed by atoms with Gasteiger partial charge in [0.15, 0.2) is 0 Å². The van der Waals surface area contributed by atoms with Crippen LogP contribution < -0.4 is 10.6 Å². The van der Waals surface area contributed by atoms with E-state index in [9.17, 15) is 4.79 Å². The predicted octanol–water partition coefficient (Wildman–Crippen LogP) is 1.25. The maximum Gasteiger partial charge on any atom is 0.236 e. The number of nitrogens with one attached hydrogen (secondary N) is 2. The van der Waals surface area contributed by atoms with Crippen LogP contribution in [0.3, 0.4) is 0 Å². The van der Waals surface area contributed by atoms with E-state index >= 15 is 0 Å². The second kappa shape index (κ2) is 6.00. The fourth-order valence-electron chi connectivity index (χ4n) is 1.51. The Morgan fingerprint density at radius 3 is 2.67 bits per heavy atom. The van der Waals surface area contributed by atoms with Gasteiger partial charge in [-0.25, -0.2) is 0 Å². The van der Waals surface area contributed by atoms with Gasteiger partial charge in [-0.05, 0) is 34.6 Å². The number of carbonyl (C=O) groups is 1. The number of aromatic nitrogens is 2. The van der Waals surface area contributed by atoms with Gasteiger partial charge in [0, 0.05) is 24.8 Å². The van der Waals surface area contributed by atoms with Crippen LogP contribution in [0.1, 0.15) is 40.2 Å². The molecule has 18 heavy (non-hydrogen) atoms. The van der Waals surface area contributed by atoms with Crippen LogP contribution in [0.5, 0.6) is 0 Å². The van der Waals surface area contributed by atoms with Gasteiger partial charge < -0.3 is 10.6 Å². The molecule has 0 fully saturated rings. The first kappa shape index (κ1) is 14.7. The first-order chi connectivity index (χ1) is 8.34. The van der Waals surface area contributed by atoms with Crippen LogP contribution in [-0.2, 0) is 16.9 Å². The summed E-state index contributed by atoms with van der Waals surface area (Å²) in [5.74, 6) is 0.0284. The minimum Gasteiger partial charge on any atom is -0.355 e. The van der Waals surface area contributed by atoms with Crippen molar-refractivity contribution in [3.05, 3.63) is 18.0 Å². The monoisotopic (exact) mass is 252 g/mol. The second-order valence-electron chi connectivity index (χ2n) is 5.46. The van der Waals surface area contributed by atoms with Gasteiger partial charge in [0.1, 0.15) is 0 Å². The second-order valence-corrected chi connectivity index (χ2v) is 5.46. The lowest BCUT2D eigenvalue weighted by Crippen LogP contribution is -2.41. The van der Waals surface area contributed by atoms with Crippen LogP contribution in [0.25, 0.3) is 0 Å². The summed E-state index contributed by atoms with van der Waals surface area (Å²) in [6.45, 7) is 11.4. The maximum absolute atomic E-state index is 11.5. The Morgan fingerprint density at radius 2 is 2.17 bits per heavy atom. The highest BCUT2D eigenvalue weighted by molar-refractivity contribution is 5.81. The molecule has 0 aliphatic carbocycles. The molecule has 5 heteroatoms. The van der Waals surface area contributed by atoms with Crippen molar-refractivity contribution in [2.75, 3.05) is 6.54 Å². The lowest BCUT2D eigenvalue weighted by Gasteiger charge is -2.18. The lowest BCUT2D eigenvalue weighted by atomic mass is 10.1. The van der Waals surface area contributed by atoms with Gasteiger partial charge in [0.2, 0.25) is 5.91 Å². The fraction of sp³-hybridized carbons (Fsp3) is 0.692. The Kier molecular flexibility index (Phi) is 4.90. The van der Waals surface area contributed by atoms with Crippen molar-refractivity contribution in [3.8, 4) is 0 Å². The Balaban J connectivity index is 2.49. The molecule has 1 aromatic rings. The largest absolute Gasteiger partial charge is 0.355 e. The molecule has 0 radical (unpaired) electrons. The Bertz CT molecular complexity index is 392. The van der Waals surface area contributed by atoms with Gasteiger partial charge >= 0.3 is 0 Å². The summed E-state index contributed by atoms with van der Waals surface area (Å²) in [4.78, 5) is 11.5. The maximum atomic E-state index is 11.5. The molecule has 0 saturated carbocycles.